The second-order valence-corrected chi connectivity index (χ2v) is 19.0. The van der Waals surface area contributed by atoms with E-state index in [-0.39, 0.29) is 0 Å². The minimum absolute atomic E-state index is 0.608. The summed E-state index contributed by atoms with van der Waals surface area (Å²) in [5.74, 6) is 0. The van der Waals surface area contributed by atoms with E-state index in [0.29, 0.717) is 0 Å². The predicted octanol–water partition coefficient (Wildman–Crippen LogP) is 18.3. The van der Waals surface area contributed by atoms with Crippen LogP contribution in [0.1, 0.15) is 22.3 Å². The molecule has 68 heavy (non-hydrogen) atoms. The molecule has 14 rings (SSSR count). The Labute approximate surface area is 398 Å². The number of furan rings is 1. The van der Waals surface area contributed by atoms with Crippen molar-refractivity contribution in [1.82, 2.24) is 0 Å². The van der Waals surface area contributed by atoms with E-state index >= 15 is 0 Å². The number of benzene rings is 11. The molecule has 318 valence electrons. The zero-order chi connectivity index (χ0) is 44.8. The number of hydrogen-bond donors (Lipinski definition) is 0. The number of fused-ring (bicyclic) bond motifs is 11. The van der Waals surface area contributed by atoms with Gasteiger partial charge in [-0.25, -0.2) is 0 Å². The Morgan fingerprint density at radius 3 is 1.82 bits per heavy atom. The first-order valence-electron chi connectivity index (χ1n) is 23.3. The Bertz CT molecular complexity index is 4090. The molecule has 0 saturated carbocycles. The Kier molecular flexibility index (Phi) is 8.71. The highest BCUT2D eigenvalue weighted by atomic mass is 32.1. The van der Waals surface area contributed by atoms with E-state index in [1.165, 1.54) is 75.5 Å². The van der Waals surface area contributed by atoms with Crippen LogP contribution in [0.2, 0.25) is 0 Å². The summed E-state index contributed by atoms with van der Waals surface area (Å²) < 4.78 is 9.22. The quantitative estimate of drug-likeness (QED) is 0.159. The van der Waals surface area contributed by atoms with Gasteiger partial charge in [0.15, 0.2) is 0 Å². The standard InChI is InChI=1S/C65H41NOS/c1-4-17-42(18-5-1)50-28-15-31-58-62(50)54-27-12-13-30-57(54)65(58,45-22-8-3-9-23-45)46-24-14-25-47(39-46)66(49-35-38-61-55(40-49)53-36-33-44-21-10-11-26-52(44)64(53)68-61)48-34-37-59-56(41-48)63-51(29-16-32-60(63)67-59)43-19-6-2-7-20-43/h1-41H. The molecule has 1 aliphatic carbocycles. The summed E-state index contributed by atoms with van der Waals surface area (Å²) in [7, 11) is 0. The summed E-state index contributed by atoms with van der Waals surface area (Å²) in [6.45, 7) is 0. The number of rotatable bonds is 7. The fraction of sp³-hybridized carbons (Fsp3) is 0.0154. The van der Waals surface area contributed by atoms with Crippen LogP contribution in [0.15, 0.2) is 253 Å². The van der Waals surface area contributed by atoms with Gasteiger partial charge in [0, 0.05) is 48.0 Å². The lowest BCUT2D eigenvalue weighted by Gasteiger charge is -2.35. The van der Waals surface area contributed by atoms with Crippen LogP contribution >= 0.6 is 11.3 Å². The van der Waals surface area contributed by atoms with Crippen molar-refractivity contribution in [3.05, 3.63) is 271 Å². The highest BCUT2D eigenvalue weighted by Crippen LogP contribution is 2.59. The number of hydrogen-bond acceptors (Lipinski definition) is 3. The molecule has 0 saturated heterocycles. The van der Waals surface area contributed by atoms with Crippen molar-refractivity contribution in [3.8, 4) is 33.4 Å². The normalized spacial score (nSPS) is 14.2. The molecule has 1 aliphatic rings. The molecular formula is C65H41NOS. The molecule has 0 fully saturated rings. The molecule has 0 aliphatic heterocycles. The molecule has 1 unspecified atom stereocenters. The molecular weight excluding hydrogens is 843 g/mol. The van der Waals surface area contributed by atoms with Crippen LogP contribution in [0, 0.1) is 0 Å². The van der Waals surface area contributed by atoms with Crippen molar-refractivity contribution in [3.63, 3.8) is 0 Å². The number of anilines is 3. The van der Waals surface area contributed by atoms with Crippen LogP contribution in [-0.2, 0) is 5.41 Å². The van der Waals surface area contributed by atoms with E-state index in [2.05, 4.69) is 254 Å². The number of thiophene rings is 1. The van der Waals surface area contributed by atoms with E-state index in [0.717, 1.165) is 50.1 Å². The molecule has 2 heterocycles. The minimum Gasteiger partial charge on any atom is -0.456 e. The van der Waals surface area contributed by atoms with Crippen molar-refractivity contribution in [2.75, 3.05) is 4.90 Å². The fourth-order valence-electron chi connectivity index (χ4n) is 11.4. The molecule has 2 aromatic heterocycles. The fourth-order valence-corrected chi connectivity index (χ4v) is 12.7. The van der Waals surface area contributed by atoms with Crippen LogP contribution in [0.25, 0.3) is 86.3 Å². The van der Waals surface area contributed by atoms with Gasteiger partial charge in [-0.05, 0) is 121 Å². The van der Waals surface area contributed by atoms with E-state index < -0.39 is 5.41 Å². The molecule has 0 N–H and O–H groups in total. The zero-order valence-electron chi connectivity index (χ0n) is 36.9. The summed E-state index contributed by atoms with van der Waals surface area (Å²) in [5.41, 5.74) is 16.7. The third-order valence-corrected chi connectivity index (χ3v) is 15.5. The van der Waals surface area contributed by atoms with Gasteiger partial charge in [-0.15, -0.1) is 11.3 Å². The SMILES string of the molecule is c1ccc(-c2cccc3c2-c2ccccc2C3(c2ccccc2)c2cccc(N(c3ccc4sc5c6ccccc6ccc5c4c3)c3ccc4oc5cccc(-c6ccccc6)c5c4c3)c2)cc1. The van der Waals surface area contributed by atoms with Gasteiger partial charge in [0.1, 0.15) is 11.2 Å². The van der Waals surface area contributed by atoms with Gasteiger partial charge in [0.25, 0.3) is 0 Å². The third kappa shape index (κ3) is 5.76. The average molecular weight is 884 g/mol. The van der Waals surface area contributed by atoms with Gasteiger partial charge in [-0.2, -0.15) is 0 Å². The number of nitrogens with zero attached hydrogens (tertiary/aromatic N) is 1. The van der Waals surface area contributed by atoms with Crippen molar-refractivity contribution in [2.45, 2.75) is 5.41 Å². The highest BCUT2D eigenvalue weighted by Gasteiger charge is 2.47. The molecule has 0 spiro atoms. The maximum Gasteiger partial charge on any atom is 0.136 e. The lowest BCUT2D eigenvalue weighted by atomic mass is 9.67. The Morgan fingerprint density at radius 1 is 0.368 bits per heavy atom. The first kappa shape index (κ1) is 38.7. The summed E-state index contributed by atoms with van der Waals surface area (Å²) >= 11 is 1.88. The smallest absolute Gasteiger partial charge is 0.136 e. The molecule has 11 aromatic carbocycles. The Hall–Kier alpha value is -8.50. The zero-order valence-corrected chi connectivity index (χ0v) is 37.8. The molecule has 0 radical (unpaired) electrons. The first-order valence-corrected chi connectivity index (χ1v) is 24.1. The van der Waals surface area contributed by atoms with Gasteiger partial charge in [-0.3, -0.25) is 0 Å². The van der Waals surface area contributed by atoms with Gasteiger partial charge >= 0.3 is 0 Å². The maximum atomic E-state index is 6.63. The largest absolute Gasteiger partial charge is 0.456 e. The van der Waals surface area contributed by atoms with Gasteiger partial charge < -0.3 is 9.32 Å². The lowest BCUT2D eigenvalue weighted by Crippen LogP contribution is -2.28. The van der Waals surface area contributed by atoms with Crippen LogP contribution in [0.3, 0.4) is 0 Å². The molecule has 1 atom stereocenters. The lowest BCUT2D eigenvalue weighted by molar-refractivity contribution is 0.669. The van der Waals surface area contributed by atoms with Crippen molar-refractivity contribution in [1.29, 1.82) is 0 Å². The van der Waals surface area contributed by atoms with E-state index in [1.54, 1.807) is 0 Å². The van der Waals surface area contributed by atoms with E-state index in [4.69, 9.17) is 4.42 Å². The molecule has 2 nitrogen and oxygen atoms in total. The van der Waals surface area contributed by atoms with Gasteiger partial charge in [0.05, 0.1) is 5.41 Å². The van der Waals surface area contributed by atoms with Gasteiger partial charge in [-0.1, -0.05) is 194 Å². The summed E-state index contributed by atoms with van der Waals surface area (Å²) in [5, 5.41) is 7.29. The van der Waals surface area contributed by atoms with Crippen LogP contribution in [0.5, 0.6) is 0 Å². The summed E-state index contributed by atoms with van der Waals surface area (Å²) in [6.07, 6.45) is 0. The first-order chi connectivity index (χ1) is 33.7. The average Bonchev–Trinajstić information content (AvgIpc) is 4.08. The summed E-state index contributed by atoms with van der Waals surface area (Å²) in [6, 6.07) is 91.4. The summed E-state index contributed by atoms with van der Waals surface area (Å²) in [4.78, 5) is 2.46. The van der Waals surface area contributed by atoms with Gasteiger partial charge in [0.2, 0.25) is 0 Å². The van der Waals surface area contributed by atoms with E-state index in [1.807, 2.05) is 11.3 Å². The van der Waals surface area contributed by atoms with Crippen LogP contribution < -0.4 is 4.90 Å². The maximum absolute atomic E-state index is 6.63. The topological polar surface area (TPSA) is 16.4 Å². The second kappa shape index (κ2) is 15.3. The highest BCUT2D eigenvalue weighted by molar-refractivity contribution is 7.26. The monoisotopic (exact) mass is 883 g/mol. The van der Waals surface area contributed by atoms with Crippen LogP contribution in [0.4, 0.5) is 17.1 Å². The van der Waals surface area contributed by atoms with Crippen LogP contribution in [-0.4, -0.2) is 0 Å². The third-order valence-electron chi connectivity index (χ3n) is 14.3. The molecule has 3 heteroatoms. The Morgan fingerprint density at radius 2 is 0.985 bits per heavy atom. The van der Waals surface area contributed by atoms with Crippen molar-refractivity contribution >= 4 is 81.3 Å². The predicted molar refractivity (Wildman–Crippen MR) is 287 cm³/mol. The van der Waals surface area contributed by atoms with E-state index in [9.17, 15) is 0 Å². The Balaban J connectivity index is 1.04. The van der Waals surface area contributed by atoms with Crippen molar-refractivity contribution in [2.24, 2.45) is 0 Å². The molecule has 0 amide bonds. The molecule has 0 bridgehead atoms. The second-order valence-electron chi connectivity index (χ2n) is 17.9. The molecule has 13 aromatic rings. The minimum atomic E-state index is -0.608. The van der Waals surface area contributed by atoms with Crippen molar-refractivity contribution < 1.29 is 4.42 Å².